The van der Waals surface area contributed by atoms with Crippen LogP contribution in [0.25, 0.3) is 5.69 Å². The summed E-state index contributed by atoms with van der Waals surface area (Å²) < 4.78 is 21.1. The van der Waals surface area contributed by atoms with Crippen molar-refractivity contribution in [3.05, 3.63) is 52.1 Å². The Morgan fingerprint density at radius 2 is 1.88 bits per heavy atom. The highest BCUT2D eigenvalue weighted by molar-refractivity contribution is 6.30. The molecular formula is C20H24ClFN2O2. The van der Waals surface area contributed by atoms with Gasteiger partial charge in [-0.25, -0.2) is 4.39 Å². The second-order valence-corrected chi connectivity index (χ2v) is 7.50. The van der Waals surface area contributed by atoms with Gasteiger partial charge in [0.1, 0.15) is 5.82 Å². The van der Waals surface area contributed by atoms with Gasteiger partial charge in [-0.1, -0.05) is 11.6 Å². The molecular weight excluding hydrogens is 355 g/mol. The highest BCUT2D eigenvalue weighted by atomic mass is 35.5. The van der Waals surface area contributed by atoms with Crippen LogP contribution in [0.5, 0.6) is 0 Å². The van der Waals surface area contributed by atoms with E-state index in [1.807, 2.05) is 38.3 Å². The largest absolute Gasteiger partial charge is 0.373 e. The van der Waals surface area contributed by atoms with Crippen molar-refractivity contribution in [3.8, 4) is 5.69 Å². The van der Waals surface area contributed by atoms with Crippen LogP contribution in [-0.2, 0) is 4.74 Å². The lowest BCUT2D eigenvalue weighted by Crippen LogP contribution is -2.47. The molecule has 1 aliphatic heterocycles. The number of nitrogens with zero attached hydrogens (tertiary/aromatic N) is 2. The van der Waals surface area contributed by atoms with Gasteiger partial charge >= 0.3 is 0 Å². The Kier molecular flexibility index (Phi) is 5.51. The zero-order chi connectivity index (χ0) is 19.0. The van der Waals surface area contributed by atoms with Crippen molar-refractivity contribution in [2.45, 2.75) is 39.9 Å². The van der Waals surface area contributed by atoms with Crippen LogP contribution in [0.3, 0.4) is 0 Å². The van der Waals surface area contributed by atoms with Gasteiger partial charge in [0.15, 0.2) is 5.78 Å². The van der Waals surface area contributed by atoms with Crippen molar-refractivity contribution in [2.75, 3.05) is 19.6 Å². The van der Waals surface area contributed by atoms with Crippen LogP contribution in [0.15, 0.2) is 24.3 Å². The minimum atomic E-state index is -0.454. The Hall–Kier alpha value is -1.69. The zero-order valence-electron chi connectivity index (χ0n) is 15.6. The lowest BCUT2D eigenvalue weighted by Gasteiger charge is -2.34. The summed E-state index contributed by atoms with van der Waals surface area (Å²) in [5.41, 5.74) is 3.19. The molecule has 4 nitrogen and oxygen atoms in total. The fourth-order valence-corrected chi connectivity index (χ4v) is 3.94. The molecule has 0 N–H and O–H groups in total. The molecule has 2 aromatic rings. The Bertz CT molecular complexity index is 823. The van der Waals surface area contributed by atoms with E-state index in [1.165, 1.54) is 6.07 Å². The predicted octanol–water partition coefficient (Wildman–Crippen LogP) is 4.18. The number of aryl methyl sites for hydroxylation is 1. The maximum absolute atomic E-state index is 13.5. The topological polar surface area (TPSA) is 34.5 Å². The molecule has 2 atom stereocenters. The number of ketones is 1. The zero-order valence-corrected chi connectivity index (χ0v) is 16.3. The first kappa shape index (κ1) is 19.1. The van der Waals surface area contributed by atoms with Crippen LogP contribution in [-0.4, -0.2) is 47.1 Å². The average Bonchev–Trinajstić information content (AvgIpc) is 2.84. The summed E-state index contributed by atoms with van der Waals surface area (Å²) in [6.45, 7) is 9.76. The van der Waals surface area contributed by atoms with E-state index >= 15 is 0 Å². The number of rotatable bonds is 4. The minimum Gasteiger partial charge on any atom is -0.373 e. The van der Waals surface area contributed by atoms with Crippen molar-refractivity contribution in [1.82, 2.24) is 9.47 Å². The van der Waals surface area contributed by atoms with Gasteiger partial charge in [-0.3, -0.25) is 9.69 Å². The Morgan fingerprint density at radius 3 is 2.50 bits per heavy atom. The molecule has 2 heterocycles. The average molecular weight is 379 g/mol. The fourth-order valence-electron chi connectivity index (χ4n) is 3.77. The number of benzene rings is 1. The van der Waals surface area contributed by atoms with E-state index in [-0.39, 0.29) is 23.0 Å². The van der Waals surface area contributed by atoms with E-state index in [2.05, 4.69) is 4.90 Å². The number of ether oxygens (including phenoxy) is 1. The normalized spacial score (nSPS) is 21.2. The van der Waals surface area contributed by atoms with E-state index in [1.54, 1.807) is 12.1 Å². The molecule has 0 amide bonds. The van der Waals surface area contributed by atoms with Crippen molar-refractivity contribution in [3.63, 3.8) is 0 Å². The first-order chi connectivity index (χ1) is 12.3. The summed E-state index contributed by atoms with van der Waals surface area (Å²) in [6.07, 6.45) is 0.251. The molecule has 0 radical (unpaired) electrons. The van der Waals surface area contributed by atoms with Crippen molar-refractivity contribution in [1.29, 1.82) is 0 Å². The Morgan fingerprint density at radius 1 is 1.23 bits per heavy atom. The summed E-state index contributed by atoms with van der Waals surface area (Å²) >= 11 is 5.92. The SMILES string of the molecule is Cc1cc(C(=O)CN2C[C@@H](C)O[C@H](C)C2)c(C)n1-c1ccc(F)c(Cl)c1. The molecule has 140 valence electrons. The van der Waals surface area contributed by atoms with Gasteiger partial charge in [-0.05, 0) is 52.0 Å². The van der Waals surface area contributed by atoms with Crippen molar-refractivity contribution in [2.24, 2.45) is 0 Å². The second-order valence-electron chi connectivity index (χ2n) is 7.09. The number of aromatic nitrogens is 1. The molecule has 6 heteroatoms. The van der Waals surface area contributed by atoms with Crippen LogP contribution in [0.1, 0.15) is 35.6 Å². The molecule has 1 aromatic carbocycles. The molecule has 1 aliphatic rings. The molecule has 0 unspecified atom stereocenters. The molecule has 26 heavy (non-hydrogen) atoms. The number of carbonyl (C=O) groups excluding carboxylic acids is 1. The third-order valence-electron chi connectivity index (χ3n) is 4.76. The number of hydrogen-bond donors (Lipinski definition) is 0. The van der Waals surface area contributed by atoms with E-state index in [4.69, 9.17) is 16.3 Å². The summed E-state index contributed by atoms with van der Waals surface area (Å²) in [5, 5.41) is 0.0687. The van der Waals surface area contributed by atoms with Gasteiger partial charge in [0, 0.05) is 35.7 Å². The lowest BCUT2D eigenvalue weighted by atomic mass is 10.1. The highest BCUT2D eigenvalue weighted by Gasteiger charge is 2.25. The number of hydrogen-bond acceptors (Lipinski definition) is 3. The van der Waals surface area contributed by atoms with Crippen molar-refractivity contribution >= 4 is 17.4 Å². The van der Waals surface area contributed by atoms with Gasteiger partial charge in [0.25, 0.3) is 0 Å². The number of halogens is 2. The van der Waals surface area contributed by atoms with Gasteiger partial charge in [0.05, 0.1) is 23.8 Å². The smallest absolute Gasteiger partial charge is 0.178 e. The maximum atomic E-state index is 13.5. The van der Waals surface area contributed by atoms with E-state index in [9.17, 15) is 9.18 Å². The minimum absolute atomic E-state index is 0.0687. The summed E-state index contributed by atoms with van der Waals surface area (Å²) in [5.74, 6) is -0.372. The molecule has 1 aromatic heterocycles. The standard InChI is InChI=1S/C20H24ClFN2O2/c1-12-7-17(20(25)11-23-9-13(2)26-14(3)10-23)15(4)24(12)16-5-6-19(22)18(21)8-16/h5-8,13-14H,9-11H2,1-4H3/t13-,14-/m1/s1. The predicted molar refractivity (Wildman–Crippen MR) is 101 cm³/mol. The Labute approximate surface area is 158 Å². The van der Waals surface area contributed by atoms with Crippen LogP contribution < -0.4 is 0 Å². The maximum Gasteiger partial charge on any atom is 0.178 e. The third-order valence-corrected chi connectivity index (χ3v) is 5.05. The van der Waals surface area contributed by atoms with Crippen LogP contribution in [0.2, 0.25) is 5.02 Å². The van der Waals surface area contributed by atoms with Gasteiger partial charge in [-0.15, -0.1) is 0 Å². The summed E-state index contributed by atoms with van der Waals surface area (Å²) in [4.78, 5) is 15.0. The highest BCUT2D eigenvalue weighted by Crippen LogP contribution is 2.25. The first-order valence-electron chi connectivity index (χ1n) is 8.81. The molecule has 0 spiro atoms. The molecule has 1 saturated heterocycles. The quantitative estimate of drug-likeness (QED) is 0.748. The number of Topliss-reactive ketones (excluding diaryl/α,β-unsaturated/α-hetero) is 1. The molecule has 0 bridgehead atoms. The van der Waals surface area contributed by atoms with E-state index in [0.29, 0.717) is 12.1 Å². The van der Waals surface area contributed by atoms with Crippen LogP contribution in [0, 0.1) is 19.7 Å². The lowest BCUT2D eigenvalue weighted by molar-refractivity contribution is -0.0652. The summed E-state index contributed by atoms with van der Waals surface area (Å²) in [6, 6.07) is 6.48. The molecule has 0 aliphatic carbocycles. The molecule has 0 saturated carbocycles. The van der Waals surface area contributed by atoms with Crippen LogP contribution >= 0.6 is 11.6 Å². The van der Waals surface area contributed by atoms with Gasteiger partial charge in [-0.2, -0.15) is 0 Å². The Balaban J connectivity index is 1.85. The van der Waals surface area contributed by atoms with Crippen LogP contribution in [0.4, 0.5) is 4.39 Å². The van der Waals surface area contributed by atoms with Gasteiger partial charge in [0.2, 0.25) is 0 Å². The van der Waals surface area contributed by atoms with E-state index < -0.39 is 5.82 Å². The van der Waals surface area contributed by atoms with Gasteiger partial charge < -0.3 is 9.30 Å². The van der Waals surface area contributed by atoms with Crippen molar-refractivity contribution < 1.29 is 13.9 Å². The second kappa shape index (κ2) is 7.51. The third kappa shape index (κ3) is 3.85. The molecule has 3 rings (SSSR count). The van der Waals surface area contributed by atoms with E-state index in [0.717, 1.165) is 30.2 Å². The number of morpholine rings is 1. The fraction of sp³-hybridized carbons (Fsp3) is 0.450. The monoisotopic (exact) mass is 378 g/mol. The molecule has 1 fully saturated rings. The first-order valence-corrected chi connectivity index (χ1v) is 9.19. The summed E-state index contributed by atoms with van der Waals surface area (Å²) in [7, 11) is 0. The number of carbonyl (C=O) groups is 1.